The Labute approximate surface area is 96.9 Å². The maximum Gasteiger partial charge on any atom is 0.221 e. The molecule has 1 aromatic heterocycles. The van der Waals surface area contributed by atoms with Crippen molar-refractivity contribution in [3.05, 3.63) is 18.2 Å². The molecule has 0 amide bonds. The second-order valence-corrected chi connectivity index (χ2v) is 6.06. The van der Waals surface area contributed by atoms with E-state index in [0.29, 0.717) is 5.82 Å². The molecule has 1 heterocycles. The number of aryl methyl sites for hydroxylation is 1. The number of aromatic nitrogens is 2. The van der Waals surface area contributed by atoms with Crippen molar-refractivity contribution in [3.8, 4) is 0 Å². The highest BCUT2D eigenvalue weighted by atomic mass is 32.2. The van der Waals surface area contributed by atoms with Crippen LogP contribution in [0.25, 0.3) is 0 Å². The van der Waals surface area contributed by atoms with Crippen LogP contribution in [0, 0.1) is 0 Å². The molecular formula is C10H19N3O2S. The summed E-state index contributed by atoms with van der Waals surface area (Å²) in [7, 11) is -3.35. The minimum Gasteiger partial charge on any atom is -0.334 e. The standard InChI is InChI=1S/C10H19N3O2S/c1-5-13-7-6-11-10(13)9(4)16(14,15)12-8(2)3/h6-9,12H,5H2,1-4H3/t9-/m1/s1. The molecule has 0 saturated heterocycles. The zero-order valence-electron chi connectivity index (χ0n) is 10.1. The lowest BCUT2D eigenvalue weighted by atomic mass is 10.4. The first-order chi connectivity index (χ1) is 7.38. The van der Waals surface area contributed by atoms with Crippen LogP contribution < -0.4 is 4.72 Å². The van der Waals surface area contributed by atoms with Crippen LogP contribution in [0.4, 0.5) is 0 Å². The quantitative estimate of drug-likeness (QED) is 0.850. The summed E-state index contributed by atoms with van der Waals surface area (Å²) >= 11 is 0. The second-order valence-electron chi connectivity index (χ2n) is 4.03. The lowest BCUT2D eigenvalue weighted by molar-refractivity contribution is 0.551. The Morgan fingerprint density at radius 3 is 2.56 bits per heavy atom. The van der Waals surface area contributed by atoms with Gasteiger partial charge in [-0.25, -0.2) is 18.1 Å². The second kappa shape index (κ2) is 4.97. The van der Waals surface area contributed by atoms with Gasteiger partial charge < -0.3 is 4.57 Å². The van der Waals surface area contributed by atoms with Crippen molar-refractivity contribution < 1.29 is 8.42 Å². The van der Waals surface area contributed by atoms with Crippen LogP contribution in [0.2, 0.25) is 0 Å². The van der Waals surface area contributed by atoms with Crippen molar-refractivity contribution in [2.45, 2.75) is 45.5 Å². The maximum atomic E-state index is 11.9. The Hall–Kier alpha value is -0.880. The van der Waals surface area contributed by atoms with Gasteiger partial charge in [0.05, 0.1) is 0 Å². The first-order valence-corrected chi connectivity index (χ1v) is 6.95. The molecule has 0 fully saturated rings. The van der Waals surface area contributed by atoms with Gasteiger partial charge >= 0.3 is 0 Å². The van der Waals surface area contributed by atoms with Crippen LogP contribution in [0.5, 0.6) is 0 Å². The Balaban J connectivity index is 2.98. The molecule has 0 bridgehead atoms. The summed E-state index contributed by atoms with van der Waals surface area (Å²) in [4.78, 5) is 4.10. The minimum atomic E-state index is -3.35. The first-order valence-electron chi connectivity index (χ1n) is 5.40. The van der Waals surface area contributed by atoms with Crippen LogP contribution in [0.1, 0.15) is 38.8 Å². The Morgan fingerprint density at radius 1 is 1.44 bits per heavy atom. The fourth-order valence-corrected chi connectivity index (χ4v) is 2.85. The van der Waals surface area contributed by atoms with E-state index in [1.165, 1.54) is 0 Å². The fraction of sp³-hybridized carbons (Fsp3) is 0.700. The predicted molar refractivity (Wildman–Crippen MR) is 63.5 cm³/mol. The molecule has 0 aliphatic heterocycles. The van der Waals surface area contributed by atoms with E-state index in [4.69, 9.17) is 0 Å². The van der Waals surface area contributed by atoms with Crippen LogP contribution in [-0.2, 0) is 16.6 Å². The molecule has 6 heteroatoms. The third kappa shape index (κ3) is 2.82. The van der Waals surface area contributed by atoms with Crippen LogP contribution in [0.3, 0.4) is 0 Å². The molecule has 16 heavy (non-hydrogen) atoms. The number of hydrogen-bond donors (Lipinski definition) is 1. The van der Waals surface area contributed by atoms with Crippen molar-refractivity contribution in [2.75, 3.05) is 0 Å². The first kappa shape index (κ1) is 13.2. The van der Waals surface area contributed by atoms with Gasteiger partial charge in [0.1, 0.15) is 11.1 Å². The summed E-state index contributed by atoms with van der Waals surface area (Å²) < 4.78 is 28.3. The molecule has 0 radical (unpaired) electrons. The molecule has 0 spiro atoms. The Bertz CT molecular complexity index is 437. The van der Waals surface area contributed by atoms with Gasteiger partial charge in [0.2, 0.25) is 10.0 Å². The molecule has 1 atom stereocenters. The summed E-state index contributed by atoms with van der Waals surface area (Å²) in [5.74, 6) is 0.579. The normalized spacial score (nSPS) is 14.3. The molecule has 92 valence electrons. The van der Waals surface area contributed by atoms with Crippen LogP contribution in [0.15, 0.2) is 12.4 Å². The summed E-state index contributed by atoms with van der Waals surface area (Å²) in [5.41, 5.74) is 0. The topological polar surface area (TPSA) is 64.0 Å². The average Bonchev–Trinajstić information content (AvgIpc) is 2.61. The number of hydrogen-bond acceptors (Lipinski definition) is 3. The van der Waals surface area contributed by atoms with E-state index >= 15 is 0 Å². The predicted octanol–water partition coefficient (Wildman–Crippen LogP) is 1.29. The van der Waals surface area contributed by atoms with E-state index in [1.54, 1.807) is 33.2 Å². The molecule has 5 nitrogen and oxygen atoms in total. The fourth-order valence-electron chi connectivity index (χ4n) is 1.52. The maximum absolute atomic E-state index is 11.9. The van der Waals surface area contributed by atoms with Crippen molar-refractivity contribution in [1.82, 2.24) is 14.3 Å². The minimum absolute atomic E-state index is 0.0995. The van der Waals surface area contributed by atoms with Gasteiger partial charge in [0, 0.05) is 25.0 Å². The zero-order chi connectivity index (χ0) is 12.3. The molecule has 0 unspecified atom stereocenters. The summed E-state index contributed by atoms with van der Waals surface area (Å²) in [6.07, 6.45) is 3.41. The smallest absolute Gasteiger partial charge is 0.221 e. The molecule has 0 aliphatic rings. The van der Waals surface area contributed by atoms with Gasteiger partial charge in [0.15, 0.2) is 0 Å². The molecule has 0 aromatic carbocycles. The van der Waals surface area contributed by atoms with E-state index in [0.717, 1.165) is 6.54 Å². The SMILES string of the molecule is CCn1ccnc1[C@@H](C)S(=O)(=O)NC(C)C. The van der Waals surface area contributed by atoms with Gasteiger partial charge in [-0.2, -0.15) is 0 Å². The summed E-state index contributed by atoms with van der Waals surface area (Å²) in [6, 6.07) is -0.0995. The van der Waals surface area contributed by atoms with Crippen molar-refractivity contribution in [2.24, 2.45) is 0 Å². The van der Waals surface area contributed by atoms with E-state index in [1.807, 2.05) is 11.5 Å². The molecule has 0 saturated carbocycles. The molecular weight excluding hydrogens is 226 g/mol. The van der Waals surface area contributed by atoms with Gasteiger partial charge in [-0.1, -0.05) is 0 Å². The van der Waals surface area contributed by atoms with Gasteiger partial charge in [-0.3, -0.25) is 0 Å². The Morgan fingerprint density at radius 2 is 2.06 bits per heavy atom. The van der Waals surface area contributed by atoms with Gasteiger partial charge in [0.25, 0.3) is 0 Å². The molecule has 0 aliphatic carbocycles. The van der Waals surface area contributed by atoms with Crippen LogP contribution in [-0.4, -0.2) is 24.0 Å². The third-order valence-electron chi connectivity index (χ3n) is 2.32. The third-order valence-corrected chi connectivity index (χ3v) is 4.26. The van der Waals surface area contributed by atoms with Gasteiger partial charge in [-0.05, 0) is 27.7 Å². The van der Waals surface area contributed by atoms with E-state index in [2.05, 4.69) is 9.71 Å². The number of nitrogens with one attached hydrogen (secondary N) is 1. The number of sulfonamides is 1. The Kier molecular flexibility index (Phi) is 4.09. The average molecular weight is 245 g/mol. The van der Waals surface area contributed by atoms with E-state index in [9.17, 15) is 8.42 Å². The van der Waals surface area contributed by atoms with Gasteiger partial charge in [-0.15, -0.1) is 0 Å². The molecule has 1 N–H and O–H groups in total. The summed E-state index contributed by atoms with van der Waals surface area (Å²) in [6.45, 7) is 7.93. The van der Waals surface area contributed by atoms with E-state index in [-0.39, 0.29) is 6.04 Å². The largest absolute Gasteiger partial charge is 0.334 e. The summed E-state index contributed by atoms with van der Waals surface area (Å²) in [5, 5.41) is -0.634. The zero-order valence-corrected chi connectivity index (χ0v) is 11.0. The highest BCUT2D eigenvalue weighted by Gasteiger charge is 2.26. The lowest BCUT2D eigenvalue weighted by Crippen LogP contribution is -2.34. The monoisotopic (exact) mass is 245 g/mol. The number of nitrogens with zero attached hydrogens (tertiary/aromatic N) is 2. The number of imidazole rings is 1. The molecule has 1 aromatic rings. The van der Waals surface area contributed by atoms with Crippen LogP contribution >= 0.6 is 0 Å². The van der Waals surface area contributed by atoms with Crippen molar-refractivity contribution in [1.29, 1.82) is 0 Å². The lowest BCUT2D eigenvalue weighted by Gasteiger charge is -2.16. The van der Waals surface area contributed by atoms with E-state index < -0.39 is 15.3 Å². The highest BCUT2D eigenvalue weighted by Crippen LogP contribution is 2.19. The van der Waals surface area contributed by atoms with Crippen molar-refractivity contribution >= 4 is 10.0 Å². The molecule has 1 rings (SSSR count). The number of rotatable bonds is 5. The van der Waals surface area contributed by atoms with Crippen molar-refractivity contribution in [3.63, 3.8) is 0 Å². The highest BCUT2D eigenvalue weighted by molar-refractivity contribution is 7.89.